The van der Waals surface area contributed by atoms with Gasteiger partial charge < -0.3 is 10.1 Å². The van der Waals surface area contributed by atoms with E-state index in [1.54, 1.807) is 13.8 Å². The van der Waals surface area contributed by atoms with E-state index in [4.69, 9.17) is 4.74 Å². The number of fused-ring (bicyclic) bond motifs is 3. The van der Waals surface area contributed by atoms with Crippen LogP contribution in [0, 0.1) is 5.92 Å². The van der Waals surface area contributed by atoms with Crippen LogP contribution in [0.4, 0.5) is 0 Å². The van der Waals surface area contributed by atoms with Crippen LogP contribution >= 0.6 is 0 Å². The molecule has 1 atom stereocenters. The molecule has 24 heavy (non-hydrogen) atoms. The van der Waals surface area contributed by atoms with Crippen molar-refractivity contribution in [3.63, 3.8) is 0 Å². The molecule has 1 N–H and O–H groups in total. The smallest absolute Gasteiger partial charge is 0.329 e. The molecule has 1 aliphatic carbocycles. The third-order valence-corrected chi connectivity index (χ3v) is 4.49. The molecule has 0 saturated heterocycles. The number of methoxy groups -OCH3 is 1. The molecule has 0 radical (unpaired) electrons. The lowest BCUT2D eigenvalue weighted by molar-refractivity contribution is -0.145. The molecule has 0 aromatic heterocycles. The fourth-order valence-electron chi connectivity index (χ4n) is 3.28. The highest BCUT2D eigenvalue weighted by atomic mass is 16.5. The molecular formula is C20H21NO3. The van der Waals surface area contributed by atoms with Crippen LogP contribution in [-0.2, 0) is 14.3 Å². The maximum Gasteiger partial charge on any atom is 0.329 e. The molecule has 1 aliphatic rings. The summed E-state index contributed by atoms with van der Waals surface area (Å²) in [6.45, 7) is 3.61. The van der Waals surface area contributed by atoms with Gasteiger partial charge >= 0.3 is 5.97 Å². The second-order valence-corrected chi connectivity index (χ2v) is 6.32. The molecular weight excluding hydrogens is 302 g/mol. The zero-order valence-corrected chi connectivity index (χ0v) is 14.1. The highest BCUT2D eigenvalue weighted by molar-refractivity contribution is 5.89. The molecule has 2 aromatic carbocycles. The van der Waals surface area contributed by atoms with Crippen molar-refractivity contribution in [3.8, 4) is 11.1 Å². The van der Waals surface area contributed by atoms with Crippen LogP contribution in [0.1, 0.15) is 30.9 Å². The minimum atomic E-state index is -0.741. The Labute approximate surface area is 141 Å². The molecule has 0 unspecified atom stereocenters. The van der Waals surface area contributed by atoms with Crippen molar-refractivity contribution in [2.24, 2.45) is 5.92 Å². The number of benzene rings is 2. The molecule has 4 nitrogen and oxygen atoms in total. The number of rotatable bonds is 4. The first-order valence-electron chi connectivity index (χ1n) is 8.11. The van der Waals surface area contributed by atoms with Gasteiger partial charge in [0.2, 0.25) is 5.91 Å². The minimum absolute atomic E-state index is 0.160. The zero-order chi connectivity index (χ0) is 17.3. The van der Waals surface area contributed by atoms with E-state index in [-0.39, 0.29) is 17.7 Å². The van der Waals surface area contributed by atoms with E-state index < -0.39 is 12.0 Å². The van der Waals surface area contributed by atoms with Crippen LogP contribution in [0.5, 0.6) is 0 Å². The summed E-state index contributed by atoms with van der Waals surface area (Å²) in [5.74, 6) is -1.04. The fraction of sp³-hybridized carbons (Fsp3) is 0.300. The van der Waals surface area contributed by atoms with E-state index in [0.29, 0.717) is 0 Å². The van der Waals surface area contributed by atoms with E-state index in [1.165, 1.54) is 7.11 Å². The molecule has 124 valence electrons. The summed E-state index contributed by atoms with van der Waals surface area (Å²) in [6.07, 6.45) is 0. The summed E-state index contributed by atoms with van der Waals surface area (Å²) in [5.41, 5.74) is 4.29. The van der Waals surface area contributed by atoms with Crippen LogP contribution < -0.4 is 5.32 Å². The first-order chi connectivity index (χ1) is 11.5. The molecule has 4 heteroatoms. The number of carbonyl (C=O) groups is 2. The molecule has 0 aliphatic heterocycles. The first-order valence-corrected chi connectivity index (χ1v) is 8.11. The van der Waals surface area contributed by atoms with Gasteiger partial charge in [-0.05, 0) is 22.3 Å². The summed E-state index contributed by atoms with van der Waals surface area (Å²) >= 11 is 0. The van der Waals surface area contributed by atoms with Crippen molar-refractivity contribution < 1.29 is 14.3 Å². The van der Waals surface area contributed by atoms with Crippen LogP contribution in [0.15, 0.2) is 48.5 Å². The Hall–Kier alpha value is -2.62. The molecule has 0 fully saturated rings. The molecule has 1 amide bonds. The number of nitrogens with one attached hydrogen (secondary N) is 1. The minimum Gasteiger partial charge on any atom is -0.467 e. The summed E-state index contributed by atoms with van der Waals surface area (Å²) < 4.78 is 4.98. The Kier molecular flexibility index (Phi) is 4.38. The second kappa shape index (κ2) is 6.48. The van der Waals surface area contributed by atoms with Crippen molar-refractivity contribution in [2.45, 2.75) is 25.8 Å². The van der Waals surface area contributed by atoms with Gasteiger partial charge in [0, 0.05) is 11.8 Å². The van der Waals surface area contributed by atoms with Gasteiger partial charge in [-0.3, -0.25) is 4.79 Å². The van der Waals surface area contributed by atoms with Crippen LogP contribution in [-0.4, -0.2) is 25.0 Å². The Morgan fingerprint density at radius 3 is 1.92 bits per heavy atom. The number of hydrogen-bond acceptors (Lipinski definition) is 3. The van der Waals surface area contributed by atoms with Crippen LogP contribution in [0.25, 0.3) is 11.1 Å². The third kappa shape index (κ3) is 2.68. The second-order valence-electron chi connectivity index (χ2n) is 6.32. The maximum atomic E-state index is 12.4. The fourth-order valence-corrected chi connectivity index (χ4v) is 3.28. The quantitative estimate of drug-likeness (QED) is 0.880. The topological polar surface area (TPSA) is 55.4 Å². The van der Waals surface area contributed by atoms with Gasteiger partial charge in [-0.15, -0.1) is 0 Å². The molecule has 3 rings (SSSR count). The molecule has 0 saturated carbocycles. The van der Waals surface area contributed by atoms with Crippen molar-refractivity contribution >= 4 is 11.9 Å². The van der Waals surface area contributed by atoms with Crippen molar-refractivity contribution in [1.29, 1.82) is 0 Å². The van der Waals surface area contributed by atoms with E-state index >= 15 is 0 Å². The first kappa shape index (κ1) is 16.2. The Balaban J connectivity index is 2.10. The van der Waals surface area contributed by atoms with Crippen molar-refractivity contribution in [2.75, 3.05) is 7.11 Å². The van der Waals surface area contributed by atoms with Gasteiger partial charge in [-0.1, -0.05) is 62.4 Å². The molecule has 0 bridgehead atoms. The lowest BCUT2D eigenvalue weighted by atomic mass is 9.89. The van der Waals surface area contributed by atoms with Crippen LogP contribution in [0.3, 0.4) is 0 Å². The van der Waals surface area contributed by atoms with E-state index in [9.17, 15) is 9.59 Å². The van der Waals surface area contributed by atoms with Gasteiger partial charge in [0.25, 0.3) is 0 Å². The number of hydrogen-bond donors (Lipinski definition) is 1. The monoisotopic (exact) mass is 323 g/mol. The Morgan fingerprint density at radius 1 is 0.958 bits per heavy atom. The number of esters is 1. The van der Waals surface area contributed by atoms with Crippen molar-refractivity contribution in [3.05, 3.63) is 59.7 Å². The van der Waals surface area contributed by atoms with Gasteiger partial charge in [0.1, 0.15) is 6.04 Å². The van der Waals surface area contributed by atoms with Gasteiger partial charge in [0.15, 0.2) is 0 Å². The van der Waals surface area contributed by atoms with E-state index in [0.717, 1.165) is 22.3 Å². The highest BCUT2D eigenvalue weighted by Gasteiger charge is 2.39. The predicted molar refractivity (Wildman–Crippen MR) is 92.5 cm³/mol. The zero-order valence-electron chi connectivity index (χ0n) is 14.1. The van der Waals surface area contributed by atoms with E-state index in [1.807, 2.05) is 48.5 Å². The predicted octanol–water partition coefficient (Wildman–Crippen LogP) is 3.11. The number of carbonyl (C=O) groups excluding carboxylic acids is 2. The summed E-state index contributed by atoms with van der Waals surface area (Å²) in [7, 11) is 1.35. The van der Waals surface area contributed by atoms with E-state index in [2.05, 4.69) is 5.32 Å². The summed E-state index contributed by atoms with van der Waals surface area (Å²) in [6, 6.07) is 15.3. The molecule has 2 aromatic rings. The summed E-state index contributed by atoms with van der Waals surface area (Å²) in [4.78, 5) is 24.7. The number of ether oxygens (including phenoxy) is 1. The lowest BCUT2D eigenvalue weighted by Crippen LogP contribution is -2.46. The Morgan fingerprint density at radius 2 is 1.46 bits per heavy atom. The van der Waals surface area contributed by atoms with Gasteiger partial charge in [0.05, 0.1) is 7.11 Å². The number of amides is 1. The van der Waals surface area contributed by atoms with Gasteiger partial charge in [-0.25, -0.2) is 4.79 Å². The third-order valence-electron chi connectivity index (χ3n) is 4.49. The highest BCUT2D eigenvalue weighted by Crippen LogP contribution is 2.46. The standard InChI is InChI=1S/C20H21NO3/c1-12(2)19(22)21-18(20(23)24-3)17-15-10-6-4-8-13(15)14-9-5-7-11-16(14)17/h4-12,17-18H,1-3H3,(H,21,22)/t18-/m0/s1. The SMILES string of the molecule is COC(=O)[C@@H](NC(=O)C(C)C)C1c2ccccc2-c2ccccc21. The lowest BCUT2D eigenvalue weighted by Gasteiger charge is -2.25. The average Bonchev–Trinajstić information content (AvgIpc) is 2.93. The van der Waals surface area contributed by atoms with Crippen molar-refractivity contribution in [1.82, 2.24) is 5.32 Å². The van der Waals surface area contributed by atoms with Gasteiger partial charge in [-0.2, -0.15) is 0 Å². The van der Waals surface area contributed by atoms with Crippen LogP contribution in [0.2, 0.25) is 0 Å². The maximum absolute atomic E-state index is 12.4. The molecule has 0 heterocycles. The Bertz CT molecular complexity index is 736. The normalized spacial score (nSPS) is 14.0. The summed E-state index contributed by atoms with van der Waals surface area (Å²) in [5, 5.41) is 2.88. The average molecular weight is 323 g/mol. The molecule has 0 spiro atoms. The largest absolute Gasteiger partial charge is 0.467 e.